The predicted octanol–water partition coefficient (Wildman–Crippen LogP) is 2.64. The number of likely N-dealkylation sites (tertiary alicyclic amines) is 1. The van der Waals surface area contributed by atoms with Gasteiger partial charge in [-0.3, -0.25) is 4.90 Å². The summed E-state index contributed by atoms with van der Waals surface area (Å²) in [4.78, 5) is 2.70. The monoisotopic (exact) mass is 224 g/mol. The van der Waals surface area contributed by atoms with Crippen LogP contribution in [0.5, 0.6) is 0 Å². The molecule has 0 aromatic heterocycles. The first-order valence-corrected chi connectivity index (χ1v) is 7.04. The Labute approximate surface area is 101 Å². The van der Waals surface area contributed by atoms with Crippen molar-refractivity contribution in [2.24, 2.45) is 5.41 Å². The van der Waals surface area contributed by atoms with Gasteiger partial charge in [-0.2, -0.15) is 0 Å². The van der Waals surface area contributed by atoms with Crippen molar-refractivity contribution < 1.29 is 0 Å². The SMILES string of the molecule is CCC(C)(C)N1CCC2(CCCNC2)CC1. The van der Waals surface area contributed by atoms with Gasteiger partial charge in [0.2, 0.25) is 0 Å². The number of nitrogens with one attached hydrogen (secondary N) is 1. The van der Waals surface area contributed by atoms with Crippen LogP contribution in [0.1, 0.15) is 52.9 Å². The Bertz CT molecular complexity index is 219. The maximum atomic E-state index is 3.59. The second kappa shape index (κ2) is 4.66. The number of rotatable bonds is 2. The number of piperidine rings is 2. The van der Waals surface area contributed by atoms with Crippen molar-refractivity contribution in [3.8, 4) is 0 Å². The summed E-state index contributed by atoms with van der Waals surface area (Å²) >= 11 is 0. The quantitative estimate of drug-likeness (QED) is 0.776. The highest BCUT2D eigenvalue weighted by Crippen LogP contribution is 2.39. The van der Waals surface area contributed by atoms with Crippen LogP contribution in [0.2, 0.25) is 0 Å². The van der Waals surface area contributed by atoms with Gasteiger partial charge in [0.25, 0.3) is 0 Å². The second-order valence-electron chi connectivity index (χ2n) is 6.43. The first kappa shape index (κ1) is 12.4. The summed E-state index contributed by atoms with van der Waals surface area (Å²) < 4.78 is 0. The third-order valence-electron chi connectivity index (χ3n) is 5.11. The molecule has 0 aromatic rings. The highest BCUT2D eigenvalue weighted by Gasteiger charge is 2.38. The first-order valence-electron chi connectivity index (χ1n) is 7.04. The molecule has 2 heteroatoms. The van der Waals surface area contributed by atoms with Crippen molar-refractivity contribution >= 4 is 0 Å². The third-order valence-corrected chi connectivity index (χ3v) is 5.11. The molecule has 0 unspecified atom stereocenters. The zero-order valence-corrected chi connectivity index (χ0v) is 11.3. The summed E-state index contributed by atoms with van der Waals surface area (Å²) in [5.41, 5.74) is 1.06. The summed E-state index contributed by atoms with van der Waals surface area (Å²) in [7, 11) is 0. The van der Waals surface area contributed by atoms with E-state index in [1.807, 2.05) is 0 Å². The lowest BCUT2D eigenvalue weighted by atomic mass is 9.72. The zero-order chi connectivity index (χ0) is 11.6. The molecule has 1 spiro atoms. The van der Waals surface area contributed by atoms with Crippen LogP contribution < -0.4 is 5.32 Å². The molecule has 2 saturated heterocycles. The summed E-state index contributed by atoms with van der Waals surface area (Å²) in [6.45, 7) is 12.2. The van der Waals surface area contributed by atoms with Crippen LogP contribution >= 0.6 is 0 Å². The molecule has 0 saturated carbocycles. The molecule has 0 atom stereocenters. The van der Waals surface area contributed by atoms with Gasteiger partial charge in [0.15, 0.2) is 0 Å². The van der Waals surface area contributed by atoms with E-state index in [-0.39, 0.29) is 0 Å². The molecule has 2 nitrogen and oxygen atoms in total. The molecule has 1 N–H and O–H groups in total. The summed E-state index contributed by atoms with van der Waals surface area (Å²) in [6, 6.07) is 0. The Kier molecular flexibility index (Phi) is 3.60. The smallest absolute Gasteiger partial charge is 0.0150 e. The summed E-state index contributed by atoms with van der Waals surface area (Å²) in [5, 5.41) is 3.59. The lowest BCUT2D eigenvalue weighted by Gasteiger charge is -2.49. The van der Waals surface area contributed by atoms with E-state index in [4.69, 9.17) is 0 Å². The first-order chi connectivity index (χ1) is 7.58. The number of hydrogen-bond donors (Lipinski definition) is 1. The molecule has 16 heavy (non-hydrogen) atoms. The molecular formula is C14H28N2. The van der Waals surface area contributed by atoms with Crippen LogP contribution in [0.3, 0.4) is 0 Å². The lowest BCUT2D eigenvalue weighted by molar-refractivity contribution is 0.0203. The van der Waals surface area contributed by atoms with Crippen molar-refractivity contribution in [3.63, 3.8) is 0 Å². The average Bonchev–Trinajstić information content (AvgIpc) is 2.31. The van der Waals surface area contributed by atoms with Gasteiger partial charge in [-0.1, -0.05) is 6.92 Å². The van der Waals surface area contributed by atoms with Crippen LogP contribution in [-0.2, 0) is 0 Å². The average molecular weight is 224 g/mol. The van der Waals surface area contributed by atoms with Crippen molar-refractivity contribution in [1.82, 2.24) is 10.2 Å². The normalized spacial score (nSPS) is 27.2. The summed E-state index contributed by atoms with van der Waals surface area (Å²) in [5.74, 6) is 0. The highest BCUT2D eigenvalue weighted by molar-refractivity contribution is 4.93. The minimum absolute atomic E-state index is 0.406. The summed E-state index contributed by atoms with van der Waals surface area (Å²) in [6.07, 6.45) is 6.92. The van der Waals surface area contributed by atoms with Gasteiger partial charge in [0.1, 0.15) is 0 Å². The number of nitrogens with zero attached hydrogens (tertiary/aromatic N) is 1. The molecule has 0 aliphatic carbocycles. The Morgan fingerprint density at radius 1 is 1.19 bits per heavy atom. The fourth-order valence-corrected chi connectivity index (χ4v) is 3.27. The van der Waals surface area contributed by atoms with Crippen LogP contribution in [0, 0.1) is 5.41 Å². The Hall–Kier alpha value is -0.0800. The van der Waals surface area contributed by atoms with Crippen molar-refractivity contribution in [3.05, 3.63) is 0 Å². The minimum atomic E-state index is 0.406. The Morgan fingerprint density at radius 3 is 2.38 bits per heavy atom. The Balaban J connectivity index is 1.91. The predicted molar refractivity (Wildman–Crippen MR) is 69.7 cm³/mol. The lowest BCUT2D eigenvalue weighted by Crippen LogP contribution is -2.53. The number of hydrogen-bond acceptors (Lipinski definition) is 2. The van der Waals surface area contributed by atoms with E-state index in [9.17, 15) is 0 Å². The molecule has 2 fully saturated rings. The van der Waals surface area contributed by atoms with Gasteiger partial charge in [-0.05, 0) is 71.0 Å². The van der Waals surface area contributed by atoms with Gasteiger partial charge in [0, 0.05) is 12.1 Å². The molecule has 2 heterocycles. The maximum absolute atomic E-state index is 3.59. The van der Waals surface area contributed by atoms with Gasteiger partial charge in [-0.25, -0.2) is 0 Å². The molecule has 2 aliphatic heterocycles. The van der Waals surface area contributed by atoms with Gasteiger partial charge >= 0.3 is 0 Å². The van der Waals surface area contributed by atoms with Crippen LogP contribution in [0.4, 0.5) is 0 Å². The van der Waals surface area contributed by atoms with Gasteiger partial charge in [-0.15, -0.1) is 0 Å². The molecule has 0 aromatic carbocycles. The van der Waals surface area contributed by atoms with Crippen LogP contribution in [-0.4, -0.2) is 36.6 Å². The molecule has 94 valence electrons. The molecule has 0 radical (unpaired) electrons. The van der Waals surface area contributed by atoms with E-state index < -0.39 is 0 Å². The minimum Gasteiger partial charge on any atom is -0.316 e. The standard InChI is InChI=1S/C14H28N2/c1-4-13(2,3)16-10-7-14(8-11-16)6-5-9-15-12-14/h15H,4-12H2,1-3H3. The molecule has 2 aliphatic rings. The van der Waals surface area contributed by atoms with Gasteiger partial charge in [0.05, 0.1) is 0 Å². The second-order valence-corrected chi connectivity index (χ2v) is 6.43. The van der Waals surface area contributed by atoms with E-state index in [1.54, 1.807) is 0 Å². The molecule has 0 amide bonds. The van der Waals surface area contributed by atoms with Crippen LogP contribution in [0.25, 0.3) is 0 Å². The van der Waals surface area contributed by atoms with Crippen molar-refractivity contribution in [2.75, 3.05) is 26.2 Å². The molecular weight excluding hydrogens is 196 g/mol. The maximum Gasteiger partial charge on any atom is 0.0150 e. The zero-order valence-electron chi connectivity index (χ0n) is 11.3. The fraction of sp³-hybridized carbons (Fsp3) is 1.00. The van der Waals surface area contributed by atoms with E-state index in [0.717, 1.165) is 0 Å². The van der Waals surface area contributed by atoms with Crippen molar-refractivity contribution in [2.45, 2.75) is 58.4 Å². The molecule has 2 rings (SSSR count). The van der Waals surface area contributed by atoms with E-state index in [0.29, 0.717) is 11.0 Å². The van der Waals surface area contributed by atoms with Crippen molar-refractivity contribution in [1.29, 1.82) is 0 Å². The van der Waals surface area contributed by atoms with E-state index in [2.05, 4.69) is 31.0 Å². The van der Waals surface area contributed by atoms with Crippen LogP contribution in [0.15, 0.2) is 0 Å². The third kappa shape index (κ3) is 2.43. The van der Waals surface area contributed by atoms with E-state index >= 15 is 0 Å². The highest BCUT2D eigenvalue weighted by atomic mass is 15.2. The van der Waals surface area contributed by atoms with E-state index in [1.165, 1.54) is 58.3 Å². The topological polar surface area (TPSA) is 15.3 Å². The Morgan fingerprint density at radius 2 is 1.88 bits per heavy atom. The fourth-order valence-electron chi connectivity index (χ4n) is 3.27. The molecule has 0 bridgehead atoms. The van der Waals surface area contributed by atoms with Gasteiger partial charge < -0.3 is 5.32 Å². The largest absolute Gasteiger partial charge is 0.316 e.